The van der Waals surface area contributed by atoms with E-state index in [4.69, 9.17) is 28.9 Å². The van der Waals surface area contributed by atoms with E-state index in [0.29, 0.717) is 23.3 Å². The molecule has 84 valence electrons. The van der Waals surface area contributed by atoms with Gasteiger partial charge in [0.2, 0.25) is 0 Å². The summed E-state index contributed by atoms with van der Waals surface area (Å²) in [6, 6.07) is 1.82. The molecule has 0 saturated carbocycles. The lowest BCUT2D eigenvalue weighted by Gasteiger charge is -2.17. The summed E-state index contributed by atoms with van der Waals surface area (Å²) in [7, 11) is 1.97. The van der Waals surface area contributed by atoms with Gasteiger partial charge >= 0.3 is 0 Å². The third kappa shape index (κ3) is 3.61. The molecule has 0 bridgehead atoms. The molecule has 3 nitrogen and oxygen atoms in total. The predicted molar refractivity (Wildman–Crippen MR) is 64.4 cm³/mol. The number of halogens is 2. The van der Waals surface area contributed by atoms with E-state index in [1.807, 2.05) is 20.0 Å². The maximum Gasteiger partial charge on any atom is 0.135 e. The van der Waals surface area contributed by atoms with Gasteiger partial charge in [0.05, 0.1) is 0 Å². The smallest absolute Gasteiger partial charge is 0.135 e. The third-order valence-electron chi connectivity index (χ3n) is 2.09. The lowest BCUT2D eigenvalue weighted by atomic mass is 10.2. The molecule has 0 amide bonds. The Morgan fingerprint density at radius 3 is 2.67 bits per heavy atom. The molecule has 2 N–H and O–H groups in total. The first-order valence-corrected chi connectivity index (χ1v) is 5.50. The number of aryl methyl sites for hydroxylation is 1. The molecule has 1 aromatic heterocycles. The van der Waals surface area contributed by atoms with Crippen LogP contribution >= 0.6 is 23.2 Å². The fourth-order valence-corrected chi connectivity index (χ4v) is 1.98. The highest BCUT2D eigenvalue weighted by atomic mass is 35.5. The summed E-state index contributed by atoms with van der Waals surface area (Å²) < 4.78 is 0. The summed E-state index contributed by atoms with van der Waals surface area (Å²) in [5.41, 5.74) is 7.15. The van der Waals surface area contributed by atoms with Crippen LogP contribution in [0.5, 0.6) is 0 Å². The zero-order valence-corrected chi connectivity index (χ0v) is 10.4. The van der Waals surface area contributed by atoms with Crippen molar-refractivity contribution in [3.8, 4) is 0 Å². The van der Waals surface area contributed by atoms with E-state index >= 15 is 0 Å². The zero-order valence-electron chi connectivity index (χ0n) is 8.93. The minimum absolute atomic E-state index is 0.476. The Hall–Kier alpha value is -0.350. The number of nitrogens with two attached hydrogens (primary N) is 1. The van der Waals surface area contributed by atoms with Crippen LogP contribution < -0.4 is 5.73 Å². The first-order chi connectivity index (χ1) is 7.04. The molecule has 0 unspecified atom stereocenters. The topological polar surface area (TPSA) is 42.1 Å². The van der Waals surface area contributed by atoms with Crippen molar-refractivity contribution in [1.82, 2.24) is 9.88 Å². The molecule has 0 saturated heterocycles. The minimum atomic E-state index is 0.476. The van der Waals surface area contributed by atoms with Crippen LogP contribution in [0, 0.1) is 6.92 Å². The van der Waals surface area contributed by atoms with Crippen LogP contribution in [0.1, 0.15) is 11.3 Å². The molecule has 1 heterocycles. The number of hydrogen-bond acceptors (Lipinski definition) is 3. The Labute approximate surface area is 100 Å². The summed E-state index contributed by atoms with van der Waals surface area (Å²) in [6.07, 6.45) is 0. The first-order valence-electron chi connectivity index (χ1n) is 4.74. The molecule has 0 fully saturated rings. The second kappa shape index (κ2) is 5.66. The van der Waals surface area contributed by atoms with Crippen LogP contribution in [0.2, 0.25) is 10.2 Å². The summed E-state index contributed by atoms with van der Waals surface area (Å²) in [5.74, 6) is 0. The van der Waals surface area contributed by atoms with E-state index < -0.39 is 0 Å². The maximum absolute atomic E-state index is 6.10. The minimum Gasteiger partial charge on any atom is -0.329 e. The fourth-order valence-electron chi connectivity index (χ4n) is 1.33. The molecular formula is C10H15Cl2N3. The van der Waals surface area contributed by atoms with Gasteiger partial charge in [0.1, 0.15) is 5.15 Å². The van der Waals surface area contributed by atoms with Crippen molar-refractivity contribution < 1.29 is 0 Å². The molecule has 15 heavy (non-hydrogen) atoms. The molecule has 0 aliphatic heterocycles. The number of nitrogens with zero attached hydrogens (tertiary/aromatic N) is 2. The van der Waals surface area contributed by atoms with Crippen molar-refractivity contribution in [2.24, 2.45) is 5.73 Å². The maximum atomic E-state index is 6.10. The van der Waals surface area contributed by atoms with Gasteiger partial charge in [0.15, 0.2) is 0 Å². The molecule has 0 aromatic carbocycles. The average molecular weight is 248 g/mol. The second-order valence-corrected chi connectivity index (χ2v) is 4.31. The van der Waals surface area contributed by atoms with E-state index in [2.05, 4.69) is 9.88 Å². The van der Waals surface area contributed by atoms with Gasteiger partial charge in [-0.25, -0.2) is 4.98 Å². The SMILES string of the molecule is Cc1cc(Cl)c(CN(C)CCN)c(Cl)n1. The predicted octanol–water partition coefficient (Wildman–Crippen LogP) is 2.09. The molecule has 0 spiro atoms. The lowest BCUT2D eigenvalue weighted by Crippen LogP contribution is -2.25. The number of pyridine rings is 1. The normalized spacial score (nSPS) is 11.1. The van der Waals surface area contributed by atoms with E-state index in [-0.39, 0.29) is 0 Å². The quantitative estimate of drug-likeness (QED) is 0.829. The third-order valence-corrected chi connectivity index (χ3v) is 2.74. The summed E-state index contributed by atoms with van der Waals surface area (Å²) >= 11 is 12.1. The van der Waals surface area contributed by atoms with Crippen molar-refractivity contribution in [2.45, 2.75) is 13.5 Å². The number of likely N-dealkylation sites (N-methyl/N-ethyl adjacent to an activating group) is 1. The molecule has 0 atom stereocenters. The largest absolute Gasteiger partial charge is 0.329 e. The first kappa shape index (κ1) is 12.7. The van der Waals surface area contributed by atoms with Crippen molar-refractivity contribution >= 4 is 23.2 Å². The van der Waals surface area contributed by atoms with Crippen molar-refractivity contribution in [2.75, 3.05) is 20.1 Å². The standard InChI is InChI=1S/C10H15Cl2N3/c1-7-5-9(11)8(10(12)14-7)6-15(2)4-3-13/h5H,3-4,6,13H2,1-2H3. The molecule has 5 heteroatoms. The molecule has 0 aliphatic rings. The van der Waals surface area contributed by atoms with Gasteiger partial charge in [-0.05, 0) is 20.0 Å². The van der Waals surface area contributed by atoms with Crippen LogP contribution in [-0.4, -0.2) is 30.0 Å². The fraction of sp³-hybridized carbons (Fsp3) is 0.500. The number of aromatic nitrogens is 1. The summed E-state index contributed by atoms with van der Waals surface area (Å²) in [6.45, 7) is 3.96. The Balaban J connectivity index is 2.85. The Morgan fingerprint density at radius 2 is 2.13 bits per heavy atom. The van der Waals surface area contributed by atoms with Gasteiger partial charge in [0.25, 0.3) is 0 Å². The Morgan fingerprint density at radius 1 is 1.47 bits per heavy atom. The molecule has 0 aliphatic carbocycles. The van der Waals surface area contributed by atoms with Gasteiger partial charge in [-0.3, -0.25) is 0 Å². The average Bonchev–Trinajstić information content (AvgIpc) is 2.11. The summed E-state index contributed by atoms with van der Waals surface area (Å²) in [5, 5.41) is 1.14. The van der Waals surface area contributed by atoms with Gasteiger partial charge in [-0.15, -0.1) is 0 Å². The molecule has 0 radical (unpaired) electrons. The van der Waals surface area contributed by atoms with Crippen LogP contribution in [0.3, 0.4) is 0 Å². The van der Waals surface area contributed by atoms with Crippen LogP contribution in [-0.2, 0) is 6.54 Å². The van der Waals surface area contributed by atoms with Gasteiger partial charge < -0.3 is 10.6 Å². The van der Waals surface area contributed by atoms with Crippen LogP contribution in [0.15, 0.2) is 6.07 Å². The van der Waals surface area contributed by atoms with E-state index in [0.717, 1.165) is 17.8 Å². The number of hydrogen-bond donors (Lipinski definition) is 1. The molecule has 1 aromatic rings. The Kier molecular flexibility index (Phi) is 4.80. The van der Waals surface area contributed by atoms with Crippen LogP contribution in [0.25, 0.3) is 0 Å². The monoisotopic (exact) mass is 247 g/mol. The molecule has 1 rings (SSSR count). The van der Waals surface area contributed by atoms with Crippen LogP contribution in [0.4, 0.5) is 0 Å². The Bertz CT molecular complexity index is 318. The lowest BCUT2D eigenvalue weighted by molar-refractivity contribution is 0.336. The van der Waals surface area contributed by atoms with E-state index in [1.54, 1.807) is 0 Å². The highest BCUT2D eigenvalue weighted by Gasteiger charge is 2.10. The van der Waals surface area contributed by atoms with E-state index in [1.165, 1.54) is 0 Å². The highest BCUT2D eigenvalue weighted by molar-refractivity contribution is 6.35. The van der Waals surface area contributed by atoms with E-state index in [9.17, 15) is 0 Å². The second-order valence-electron chi connectivity index (χ2n) is 3.54. The van der Waals surface area contributed by atoms with Crippen molar-refractivity contribution in [1.29, 1.82) is 0 Å². The molecular weight excluding hydrogens is 233 g/mol. The number of rotatable bonds is 4. The van der Waals surface area contributed by atoms with Gasteiger partial charge in [-0.1, -0.05) is 23.2 Å². The zero-order chi connectivity index (χ0) is 11.4. The summed E-state index contributed by atoms with van der Waals surface area (Å²) in [4.78, 5) is 6.23. The van der Waals surface area contributed by atoms with Gasteiger partial charge in [-0.2, -0.15) is 0 Å². The van der Waals surface area contributed by atoms with Crippen molar-refractivity contribution in [3.63, 3.8) is 0 Å². The van der Waals surface area contributed by atoms with Crippen molar-refractivity contribution in [3.05, 3.63) is 27.5 Å². The highest BCUT2D eigenvalue weighted by Crippen LogP contribution is 2.24. The van der Waals surface area contributed by atoms with Gasteiger partial charge in [0, 0.05) is 35.9 Å².